The topological polar surface area (TPSA) is 81.0 Å². The van der Waals surface area contributed by atoms with Gasteiger partial charge in [-0.25, -0.2) is 4.68 Å². The maximum Gasteiger partial charge on any atom is 0.224 e. The highest BCUT2D eigenvalue weighted by molar-refractivity contribution is 6.11. The highest BCUT2D eigenvalue weighted by Crippen LogP contribution is 2.34. The number of ketones is 1. The lowest BCUT2D eigenvalue weighted by atomic mass is 9.87. The largest absolute Gasteiger partial charge is 0.342 e. The normalized spacial score (nSPS) is 18.3. The third kappa shape index (κ3) is 3.30. The molecule has 29 heavy (non-hydrogen) atoms. The van der Waals surface area contributed by atoms with Gasteiger partial charge in [-0.1, -0.05) is 30.3 Å². The molecule has 2 aromatic carbocycles. The van der Waals surface area contributed by atoms with Gasteiger partial charge in [-0.05, 0) is 58.0 Å². The average Bonchev–Trinajstić information content (AvgIpc) is 3.43. The number of aromatic nitrogens is 4. The Morgan fingerprint density at radius 3 is 2.79 bits per heavy atom. The molecule has 2 aliphatic rings. The van der Waals surface area contributed by atoms with Crippen molar-refractivity contribution in [3.63, 3.8) is 0 Å². The Kier molecular flexibility index (Phi) is 4.58. The Bertz CT molecular complexity index is 1070. The van der Waals surface area contributed by atoms with Crippen LogP contribution in [0.1, 0.15) is 40.7 Å². The molecular weight excluding hydrogens is 366 g/mol. The van der Waals surface area contributed by atoms with Crippen molar-refractivity contribution >= 4 is 22.5 Å². The van der Waals surface area contributed by atoms with Gasteiger partial charge in [0.1, 0.15) is 6.33 Å². The van der Waals surface area contributed by atoms with E-state index in [9.17, 15) is 9.59 Å². The van der Waals surface area contributed by atoms with Crippen LogP contribution in [0.5, 0.6) is 0 Å². The fraction of sp³-hybridized carbons (Fsp3) is 0.409. The van der Waals surface area contributed by atoms with Crippen molar-refractivity contribution in [2.75, 3.05) is 13.1 Å². The summed E-state index contributed by atoms with van der Waals surface area (Å²) in [6.45, 7) is 1.66. The number of nitrogens with zero attached hydrogens (tertiary/aromatic N) is 5. The van der Waals surface area contributed by atoms with Crippen molar-refractivity contribution in [3.05, 3.63) is 53.3 Å². The number of amides is 1. The second kappa shape index (κ2) is 7.39. The summed E-state index contributed by atoms with van der Waals surface area (Å²) in [5, 5.41) is 13.3. The predicted octanol–water partition coefficient (Wildman–Crippen LogP) is 2.44. The molecule has 3 aromatic rings. The number of carbonyl (C=O) groups excluding carboxylic acids is 2. The number of benzene rings is 2. The van der Waals surface area contributed by atoms with Crippen molar-refractivity contribution in [1.29, 1.82) is 0 Å². The number of rotatable bonds is 5. The molecule has 7 nitrogen and oxygen atoms in total. The van der Waals surface area contributed by atoms with E-state index in [0.717, 1.165) is 36.6 Å². The third-order valence-electron chi connectivity index (χ3n) is 6.23. The molecule has 1 aliphatic carbocycles. The molecule has 148 valence electrons. The number of piperidine rings is 1. The Labute approximate surface area is 168 Å². The highest BCUT2D eigenvalue weighted by atomic mass is 16.2. The first-order chi connectivity index (χ1) is 14.2. The summed E-state index contributed by atoms with van der Waals surface area (Å²) < 4.78 is 1.55. The van der Waals surface area contributed by atoms with Crippen LogP contribution in [0.25, 0.3) is 10.8 Å². The minimum absolute atomic E-state index is 0.0541. The standard InChI is InChI=1S/C22H23N5O2/c28-20(10-12-27-14-23-24-25-27)26-11-2-4-17(13-26)22(29)19-9-8-16-7-6-15-3-1-5-18(19)21(15)16/h1,3,5,8-9,14,17H,2,4,6-7,10-13H2/t17-/m0/s1. The average molecular weight is 389 g/mol. The number of carbonyl (C=O) groups is 2. The van der Waals surface area contributed by atoms with Crippen molar-refractivity contribution in [1.82, 2.24) is 25.1 Å². The van der Waals surface area contributed by atoms with Gasteiger partial charge in [0.2, 0.25) is 5.91 Å². The van der Waals surface area contributed by atoms with Crippen LogP contribution in [-0.2, 0) is 24.2 Å². The van der Waals surface area contributed by atoms with E-state index in [-0.39, 0.29) is 17.6 Å². The lowest BCUT2D eigenvalue weighted by Crippen LogP contribution is -2.42. The second-order valence-electron chi connectivity index (χ2n) is 7.98. The number of Topliss-reactive ketones (excluding diaryl/α,β-unsaturated/α-hetero) is 1. The third-order valence-corrected chi connectivity index (χ3v) is 6.23. The number of tetrazole rings is 1. The minimum Gasteiger partial charge on any atom is -0.342 e. The van der Waals surface area contributed by atoms with Crippen molar-refractivity contribution in [3.8, 4) is 0 Å². The van der Waals surface area contributed by atoms with E-state index in [1.165, 1.54) is 22.8 Å². The van der Waals surface area contributed by atoms with E-state index in [0.29, 0.717) is 26.1 Å². The quantitative estimate of drug-likeness (QED) is 0.626. The van der Waals surface area contributed by atoms with Gasteiger partial charge in [0, 0.05) is 31.0 Å². The van der Waals surface area contributed by atoms with E-state index in [4.69, 9.17) is 0 Å². The Morgan fingerprint density at radius 2 is 1.97 bits per heavy atom. The molecule has 0 saturated carbocycles. The number of hydrogen-bond donors (Lipinski definition) is 0. The molecule has 1 aromatic heterocycles. The lowest BCUT2D eigenvalue weighted by molar-refractivity contribution is -0.132. The molecule has 1 amide bonds. The van der Waals surface area contributed by atoms with Gasteiger partial charge in [-0.15, -0.1) is 5.10 Å². The lowest BCUT2D eigenvalue weighted by Gasteiger charge is -2.32. The Balaban J connectivity index is 1.33. The van der Waals surface area contributed by atoms with Crippen LogP contribution in [-0.4, -0.2) is 49.9 Å². The molecule has 0 unspecified atom stereocenters. The zero-order valence-electron chi connectivity index (χ0n) is 16.3. The van der Waals surface area contributed by atoms with Gasteiger partial charge in [0.15, 0.2) is 5.78 Å². The summed E-state index contributed by atoms with van der Waals surface area (Å²) in [5.41, 5.74) is 3.49. The van der Waals surface area contributed by atoms with E-state index in [2.05, 4.69) is 39.8 Å². The van der Waals surface area contributed by atoms with Crippen LogP contribution >= 0.6 is 0 Å². The molecule has 0 N–H and O–H groups in total. The fourth-order valence-electron chi connectivity index (χ4n) is 4.75. The molecule has 0 radical (unpaired) electrons. The molecule has 5 rings (SSSR count). The van der Waals surface area contributed by atoms with Crippen LogP contribution in [0.2, 0.25) is 0 Å². The summed E-state index contributed by atoms with van der Waals surface area (Å²) in [5.74, 6) is 0.0798. The highest BCUT2D eigenvalue weighted by Gasteiger charge is 2.30. The minimum atomic E-state index is -0.140. The zero-order chi connectivity index (χ0) is 19.8. The number of likely N-dealkylation sites (tertiary alicyclic amines) is 1. The molecule has 1 saturated heterocycles. The number of hydrogen-bond acceptors (Lipinski definition) is 5. The maximum absolute atomic E-state index is 13.4. The molecule has 2 heterocycles. The summed E-state index contributed by atoms with van der Waals surface area (Å²) >= 11 is 0. The van der Waals surface area contributed by atoms with E-state index < -0.39 is 0 Å². The van der Waals surface area contributed by atoms with Gasteiger partial charge in [-0.2, -0.15) is 0 Å². The summed E-state index contributed by atoms with van der Waals surface area (Å²) in [6, 6.07) is 10.4. The fourth-order valence-corrected chi connectivity index (χ4v) is 4.75. The van der Waals surface area contributed by atoms with Gasteiger partial charge in [-0.3, -0.25) is 9.59 Å². The molecule has 0 spiro atoms. The Hall–Kier alpha value is -3.09. The maximum atomic E-state index is 13.4. The van der Waals surface area contributed by atoms with Gasteiger partial charge < -0.3 is 4.90 Å². The zero-order valence-corrected chi connectivity index (χ0v) is 16.3. The van der Waals surface area contributed by atoms with E-state index >= 15 is 0 Å². The van der Waals surface area contributed by atoms with Crippen LogP contribution in [0, 0.1) is 5.92 Å². The molecule has 1 atom stereocenters. The SMILES string of the molecule is O=C(c1ccc2c3c(cccc13)CC2)[C@H]1CCCN(C(=O)CCn2cnnn2)C1. The van der Waals surface area contributed by atoms with Gasteiger partial charge >= 0.3 is 0 Å². The van der Waals surface area contributed by atoms with E-state index in [1.54, 1.807) is 4.68 Å². The smallest absolute Gasteiger partial charge is 0.224 e. The molecular formula is C22H23N5O2. The van der Waals surface area contributed by atoms with Crippen LogP contribution in [0.15, 0.2) is 36.7 Å². The van der Waals surface area contributed by atoms with E-state index in [1.807, 2.05) is 11.0 Å². The first-order valence-corrected chi connectivity index (χ1v) is 10.3. The first kappa shape index (κ1) is 18.0. The predicted molar refractivity (Wildman–Crippen MR) is 107 cm³/mol. The van der Waals surface area contributed by atoms with Gasteiger partial charge in [0.05, 0.1) is 6.54 Å². The van der Waals surface area contributed by atoms with Crippen molar-refractivity contribution in [2.24, 2.45) is 5.92 Å². The van der Waals surface area contributed by atoms with Gasteiger partial charge in [0.25, 0.3) is 0 Å². The summed E-state index contributed by atoms with van der Waals surface area (Å²) in [6.07, 6.45) is 5.64. The summed E-state index contributed by atoms with van der Waals surface area (Å²) in [7, 11) is 0. The molecule has 1 fully saturated rings. The first-order valence-electron chi connectivity index (χ1n) is 10.3. The molecule has 0 bridgehead atoms. The number of aryl methyl sites for hydroxylation is 3. The monoisotopic (exact) mass is 389 g/mol. The molecule has 1 aliphatic heterocycles. The Morgan fingerprint density at radius 1 is 1.10 bits per heavy atom. The van der Waals surface area contributed by atoms with Crippen molar-refractivity contribution in [2.45, 2.75) is 38.6 Å². The van der Waals surface area contributed by atoms with Crippen molar-refractivity contribution < 1.29 is 9.59 Å². The van der Waals surface area contributed by atoms with Crippen LogP contribution < -0.4 is 0 Å². The van der Waals surface area contributed by atoms with Crippen LogP contribution in [0.4, 0.5) is 0 Å². The second-order valence-corrected chi connectivity index (χ2v) is 7.98. The van der Waals surface area contributed by atoms with Crippen LogP contribution in [0.3, 0.4) is 0 Å². The summed E-state index contributed by atoms with van der Waals surface area (Å²) in [4.78, 5) is 27.9. The molecule has 7 heteroatoms.